The van der Waals surface area contributed by atoms with Gasteiger partial charge in [0.1, 0.15) is 5.75 Å². The number of benzene rings is 2. The van der Waals surface area contributed by atoms with Gasteiger partial charge in [0.15, 0.2) is 17.5 Å². The molecule has 0 saturated heterocycles. The molecule has 148 valence electrons. The highest BCUT2D eigenvalue weighted by Gasteiger charge is 2.07. The second-order valence-corrected chi connectivity index (χ2v) is 6.02. The summed E-state index contributed by atoms with van der Waals surface area (Å²) in [6.45, 7) is 5.74. The average Bonchev–Trinajstić information content (AvgIpc) is 2.64. The van der Waals surface area contributed by atoms with Gasteiger partial charge in [0.25, 0.3) is 0 Å². The quantitative estimate of drug-likeness (QED) is 0.313. The van der Waals surface area contributed by atoms with E-state index in [1.165, 1.54) is 12.1 Å². The molecule has 3 N–H and O–H groups in total. The summed E-state index contributed by atoms with van der Waals surface area (Å²) in [5.41, 5.74) is 2.91. The minimum atomic E-state index is -0.635. The third kappa shape index (κ3) is 7.24. The van der Waals surface area contributed by atoms with Crippen LogP contribution < -0.4 is 15.4 Å². The molecule has 0 bridgehead atoms. The first-order valence-corrected chi connectivity index (χ1v) is 8.67. The summed E-state index contributed by atoms with van der Waals surface area (Å²) >= 11 is 0. The second-order valence-electron chi connectivity index (χ2n) is 6.02. The van der Waals surface area contributed by atoms with Crippen molar-refractivity contribution in [2.24, 2.45) is 4.99 Å². The number of guanidine groups is 1. The molecule has 0 atom stereocenters. The molecule has 0 saturated carbocycles. The lowest BCUT2D eigenvalue weighted by Crippen LogP contribution is -2.36. The Kier molecular flexibility index (Phi) is 9.92. The van der Waals surface area contributed by atoms with Crippen molar-refractivity contribution in [2.75, 3.05) is 13.7 Å². The lowest BCUT2D eigenvalue weighted by molar-refractivity contribution is 0.313. The van der Waals surface area contributed by atoms with Gasteiger partial charge in [0.2, 0.25) is 0 Å². The molecule has 0 heterocycles. The van der Waals surface area contributed by atoms with Gasteiger partial charge in [0.05, 0.1) is 6.61 Å². The van der Waals surface area contributed by atoms with Crippen molar-refractivity contribution in [3.05, 3.63) is 58.9 Å². The fourth-order valence-electron chi connectivity index (χ4n) is 2.40. The van der Waals surface area contributed by atoms with Gasteiger partial charge in [-0.05, 0) is 42.7 Å². The lowest BCUT2D eigenvalue weighted by atomic mass is 10.1. The van der Waals surface area contributed by atoms with Crippen LogP contribution in [0.4, 0.5) is 4.39 Å². The number of rotatable bonds is 7. The van der Waals surface area contributed by atoms with Gasteiger partial charge >= 0.3 is 0 Å². The molecule has 2 rings (SSSR count). The number of ether oxygens (including phenoxy) is 1. The topological polar surface area (TPSA) is 65.9 Å². The average molecular weight is 487 g/mol. The van der Waals surface area contributed by atoms with Crippen LogP contribution in [0.25, 0.3) is 0 Å². The third-order valence-electron chi connectivity index (χ3n) is 3.83. The Morgan fingerprint density at radius 1 is 1.15 bits per heavy atom. The van der Waals surface area contributed by atoms with Crippen molar-refractivity contribution in [3.63, 3.8) is 0 Å². The molecule has 2 aromatic rings. The number of halogens is 2. The van der Waals surface area contributed by atoms with Crippen LogP contribution in [0.1, 0.15) is 30.0 Å². The van der Waals surface area contributed by atoms with Crippen LogP contribution in [-0.2, 0) is 13.1 Å². The largest absolute Gasteiger partial charge is 0.505 e. The number of phenols is 1. The summed E-state index contributed by atoms with van der Waals surface area (Å²) in [6.07, 6.45) is 0.952. The number of hydrogen-bond acceptors (Lipinski definition) is 3. The van der Waals surface area contributed by atoms with Gasteiger partial charge in [-0.1, -0.05) is 25.1 Å². The number of phenolic OH excluding ortho intramolecular Hbond substituents is 1. The van der Waals surface area contributed by atoms with Gasteiger partial charge < -0.3 is 20.5 Å². The Bertz CT molecular complexity index is 769. The van der Waals surface area contributed by atoms with Crippen LogP contribution in [0.2, 0.25) is 0 Å². The number of aromatic hydroxyl groups is 1. The van der Waals surface area contributed by atoms with Gasteiger partial charge in [-0.15, -0.1) is 24.0 Å². The van der Waals surface area contributed by atoms with E-state index in [9.17, 15) is 9.50 Å². The van der Waals surface area contributed by atoms with Gasteiger partial charge in [-0.2, -0.15) is 0 Å². The van der Waals surface area contributed by atoms with Crippen LogP contribution in [0.3, 0.4) is 0 Å². The maximum atomic E-state index is 13.4. The van der Waals surface area contributed by atoms with Crippen molar-refractivity contribution >= 4 is 29.9 Å². The summed E-state index contributed by atoms with van der Waals surface area (Å²) in [6, 6.07) is 10.4. The zero-order valence-electron chi connectivity index (χ0n) is 15.9. The fourth-order valence-corrected chi connectivity index (χ4v) is 2.40. The maximum Gasteiger partial charge on any atom is 0.191 e. The van der Waals surface area contributed by atoms with Crippen molar-refractivity contribution in [2.45, 2.75) is 33.4 Å². The van der Waals surface area contributed by atoms with E-state index in [0.717, 1.165) is 23.3 Å². The number of aliphatic imine (C=N–C) groups is 1. The van der Waals surface area contributed by atoms with E-state index in [-0.39, 0.29) is 29.7 Å². The van der Waals surface area contributed by atoms with Gasteiger partial charge in [0, 0.05) is 25.7 Å². The third-order valence-corrected chi connectivity index (χ3v) is 3.83. The van der Waals surface area contributed by atoms with Crippen LogP contribution >= 0.6 is 24.0 Å². The molecule has 7 heteroatoms. The molecule has 0 unspecified atom stereocenters. The van der Waals surface area contributed by atoms with E-state index in [4.69, 9.17) is 4.74 Å². The molecule has 0 aliphatic heterocycles. The second kappa shape index (κ2) is 11.6. The predicted molar refractivity (Wildman–Crippen MR) is 117 cm³/mol. The van der Waals surface area contributed by atoms with Crippen LogP contribution in [0.5, 0.6) is 11.5 Å². The minimum Gasteiger partial charge on any atom is -0.505 e. The van der Waals surface area contributed by atoms with E-state index < -0.39 is 5.82 Å². The molecule has 0 spiro atoms. The molecule has 0 radical (unpaired) electrons. The zero-order chi connectivity index (χ0) is 18.9. The Morgan fingerprint density at radius 3 is 2.56 bits per heavy atom. The number of nitrogens with zero attached hydrogens (tertiary/aromatic N) is 1. The van der Waals surface area contributed by atoms with E-state index in [2.05, 4.69) is 22.5 Å². The smallest absolute Gasteiger partial charge is 0.191 e. The van der Waals surface area contributed by atoms with Gasteiger partial charge in [-0.25, -0.2) is 4.39 Å². The van der Waals surface area contributed by atoms with E-state index in [0.29, 0.717) is 31.2 Å². The molecule has 0 fully saturated rings. The van der Waals surface area contributed by atoms with Crippen molar-refractivity contribution in [1.29, 1.82) is 0 Å². The zero-order valence-corrected chi connectivity index (χ0v) is 18.2. The highest BCUT2D eigenvalue weighted by molar-refractivity contribution is 14.0. The van der Waals surface area contributed by atoms with Crippen molar-refractivity contribution in [3.8, 4) is 11.5 Å². The highest BCUT2D eigenvalue weighted by Crippen LogP contribution is 2.20. The first kappa shape index (κ1) is 23.0. The molecule has 27 heavy (non-hydrogen) atoms. The summed E-state index contributed by atoms with van der Waals surface area (Å²) in [5.74, 6) is 0.482. The Balaban J connectivity index is 0.00000364. The molecular formula is C20H27FIN3O2. The Labute approximate surface area is 177 Å². The molecular weight excluding hydrogens is 460 g/mol. The normalized spacial score (nSPS) is 10.9. The van der Waals surface area contributed by atoms with Crippen molar-refractivity contribution in [1.82, 2.24) is 10.6 Å². The molecule has 0 aliphatic carbocycles. The molecule has 0 amide bonds. The minimum absolute atomic E-state index is 0. The number of nitrogens with one attached hydrogen (secondary N) is 2. The predicted octanol–water partition coefficient (Wildman–Crippen LogP) is 4.11. The van der Waals surface area contributed by atoms with Gasteiger partial charge in [-0.3, -0.25) is 4.99 Å². The molecule has 2 aromatic carbocycles. The first-order chi connectivity index (χ1) is 12.5. The summed E-state index contributed by atoms with van der Waals surface area (Å²) < 4.78 is 19.2. The summed E-state index contributed by atoms with van der Waals surface area (Å²) in [4.78, 5) is 4.18. The Morgan fingerprint density at radius 2 is 1.89 bits per heavy atom. The number of hydrogen-bond donors (Lipinski definition) is 3. The molecule has 0 aromatic heterocycles. The summed E-state index contributed by atoms with van der Waals surface area (Å²) in [7, 11) is 1.68. The lowest BCUT2D eigenvalue weighted by Gasteiger charge is -2.15. The van der Waals surface area contributed by atoms with Crippen LogP contribution in [0, 0.1) is 12.7 Å². The monoisotopic (exact) mass is 487 g/mol. The van der Waals surface area contributed by atoms with E-state index in [1.54, 1.807) is 13.1 Å². The fraction of sp³-hybridized carbons (Fsp3) is 0.350. The van der Waals surface area contributed by atoms with E-state index in [1.807, 2.05) is 25.1 Å². The van der Waals surface area contributed by atoms with Crippen LogP contribution in [0.15, 0.2) is 41.4 Å². The van der Waals surface area contributed by atoms with Crippen molar-refractivity contribution < 1.29 is 14.2 Å². The summed E-state index contributed by atoms with van der Waals surface area (Å²) in [5, 5.41) is 15.6. The first-order valence-electron chi connectivity index (χ1n) is 8.67. The standard InChI is InChI=1S/C20H26FN3O2.HI/c1-4-9-26-19-10-14(2)5-7-16(19)13-24-20(22-3)23-12-15-6-8-18(25)17(21)11-15;/h5-8,10-11,25H,4,9,12-13H2,1-3H3,(H2,22,23,24);1H. The number of aryl methyl sites for hydroxylation is 1. The highest BCUT2D eigenvalue weighted by atomic mass is 127. The Hall–Kier alpha value is -2.03. The SMILES string of the molecule is CCCOc1cc(C)ccc1CNC(=NC)NCc1ccc(O)c(F)c1.I. The molecule has 5 nitrogen and oxygen atoms in total. The van der Waals surface area contributed by atoms with Crippen LogP contribution in [-0.4, -0.2) is 24.7 Å². The molecule has 0 aliphatic rings. The van der Waals surface area contributed by atoms with E-state index >= 15 is 0 Å². The maximum absolute atomic E-state index is 13.4.